The highest BCUT2D eigenvalue weighted by atomic mass is 79.9. The topological polar surface area (TPSA) is 86.8 Å². The molecule has 8 heteroatoms. The first-order valence-electron chi connectivity index (χ1n) is 10.6. The highest BCUT2D eigenvalue weighted by Crippen LogP contribution is 2.32. The second-order valence-corrected chi connectivity index (χ2v) is 9.37. The average Bonchev–Trinajstić information content (AvgIpc) is 3.22. The van der Waals surface area contributed by atoms with E-state index in [1.807, 2.05) is 63.2 Å². The minimum Gasteiger partial charge on any atom is -0.455 e. The smallest absolute Gasteiger partial charge is 0.418 e. The predicted octanol–water partition coefficient (Wildman–Crippen LogP) is 6.76. The number of benzene rings is 3. The maximum atomic E-state index is 12.8. The Balaban J connectivity index is 1.52. The molecule has 0 aliphatic heterocycles. The van der Waals surface area contributed by atoms with Gasteiger partial charge in [0.05, 0.1) is 33.0 Å². The van der Waals surface area contributed by atoms with Gasteiger partial charge in [-0.15, -0.1) is 0 Å². The molecule has 1 aromatic heterocycles. The van der Waals surface area contributed by atoms with E-state index in [0.29, 0.717) is 34.0 Å². The standard InChI is InChI=1S/C26H24BrN3O4/c1-26(2,3)34-25(32)29-14-13-17-15-20(10-11-22(17)29)33-23-12-9-18(16-21(23)28)24(31)30(27)19-7-5-4-6-8-19/h4-16H,28H2,1-3H3. The van der Waals surface area contributed by atoms with Crippen LogP contribution in [0.5, 0.6) is 11.5 Å². The zero-order valence-electron chi connectivity index (χ0n) is 19.0. The summed E-state index contributed by atoms with van der Waals surface area (Å²) < 4.78 is 14.2. The van der Waals surface area contributed by atoms with E-state index in [-0.39, 0.29) is 5.91 Å². The molecule has 0 radical (unpaired) electrons. The molecular weight excluding hydrogens is 498 g/mol. The van der Waals surface area contributed by atoms with Crippen molar-refractivity contribution in [3.05, 3.63) is 84.6 Å². The molecule has 34 heavy (non-hydrogen) atoms. The van der Waals surface area contributed by atoms with Gasteiger partial charge in [-0.05, 0) is 75.4 Å². The fourth-order valence-electron chi connectivity index (χ4n) is 3.35. The Morgan fingerprint density at radius 3 is 2.38 bits per heavy atom. The summed E-state index contributed by atoms with van der Waals surface area (Å²) in [6, 6.07) is 21.3. The highest BCUT2D eigenvalue weighted by molar-refractivity contribution is 9.10. The van der Waals surface area contributed by atoms with Crippen LogP contribution < -0.4 is 14.4 Å². The molecular formula is C26H24BrN3O4. The largest absolute Gasteiger partial charge is 0.455 e. The first-order valence-corrected chi connectivity index (χ1v) is 11.3. The fourth-order valence-corrected chi connectivity index (χ4v) is 3.79. The van der Waals surface area contributed by atoms with Crippen molar-refractivity contribution in [2.75, 3.05) is 9.66 Å². The number of hydrogen-bond acceptors (Lipinski definition) is 5. The van der Waals surface area contributed by atoms with Crippen LogP contribution in [0.2, 0.25) is 0 Å². The molecule has 0 bridgehead atoms. The third-order valence-electron chi connectivity index (χ3n) is 4.90. The Labute approximate surface area is 206 Å². The van der Waals surface area contributed by atoms with Crippen molar-refractivity contribution in [2.45, 2.75) is 26.4 Å². The summed E-state index contributed by atoms with van der Waals surface area (Å²) in [6.07, 6.45) is 1.22. The maximum absolute atomic E-state index is 12.8. The number of para-hydroxylation sites is 1. The van der Waals surface area contributed by atoms with Gasteiger partial charge >= 0.3 is 6.09 Å². The van der Waals surface area contributed by atoms with Crippen LogP contribution in [-0.4, -0.2) is 22.2 Å². The van der Waals surface area contributed by atoms with E-state index in [1.165, 1.54) is 8.49 Å². The second-order valence-electron chi connectivity index (χ2n) is 8.66. The van der Waals surface area contributed by atoms with Crippen LogP contribution in [-0.2, 0) is 4.74 Å². The summed E-state index contributed by atoms with van der Waals surface area (Å²) in [5.41, 5.74) is 7.74. The molecule has 1 amide bonds. The van der Waals surface area contributed by atoms with E-state index in [4.69, 9.17) is 15.2 Å². The van der Waals surface area contributed by atoms with Gasteiger partial charge in [0.25, 0.3) is 5.91 Å². The average molecular weight is 522 g/mol. The van der Waals surface area contributed by atoms with Gasteiger partial charge in [-0.3, -0.25) is 9.36 Å². The molecule has 0 spiro atoms. The van der Waals surface area contributed by atoms with E-state index >= 15 is 0 Å². The molecule has 0 saturated heterocycles. The van der Waals surface area contributed by atoms with Crippen molar-refractivity contribution in [2.24, 2.45) is 0 Å². The molecule has 0 atom stereocenters. The zero-order valence-corrected chi connectivity index (χ0v) is 20.6. The van der Waals surface area contributed by atoms with Gasteiger partial charge in [0.15, 0.2) is 0 Å². The van der Waals surface area contributed by atoms with Crippen molar-refractivity contribution in [1.82, 2.24) is 4.57 Å². The monoisotopic (exact) mass is 521 g/mol. The third-order valence-corrected chi connectivity index (χ3v) is 5.63. The van der Waals surface area contributed by atoms with Gasteiger partial charge in [0.1, 0.15) is 17.1 Å². The Morgan fingerprint density at radius 1 is 0.971 bits per heavy atom. The van der Waals surface area contributed by atoms with Crippen LogP contribution in [0, 0.1) is 0 Å². The van der Waals surface area contributed by atoms with Crippen LogP contribution in [0.15, 0.2) is 79.0 Å². The number of halogens is 1. The van der Waals surface area contributed by atoms with E-state index in [1.54, 1.807) is 36.5 Å². The lowest BCUT2D eigenvalue weighted by Gasteiger charge is -2.19. The quantitative estimate of drug-likeness (QED) is 0.237. The lowest BCUT2D eigenvalue weighted by Crippen LogP contribution is -2.26. The number of ether oxygens (including phenoxy) is 2. The Hall–Kier alpha value is -3.78. The van der Waals surface area contributed by atoms with Crippen molar-refractivity contribution >= 4 is 50.4 Å². The van der Waals surface area contributed by atoms with Crippen molar-refractivity contribution in [3.8, 4) is 11.5 Å². The molecule has 4 aromatic rings. The Bertz CT molecular complexity index is 1360. The highest BCUT2D eigenvalue weighted by Gasteiger charge is 2.20. The lowest BCUT2D eigenvalue weighted by atomic mass is 10.1. The number of nitrogens with two attached hydrogens (primary N) is 1. The molecule has 4 rings (SSSR count). The van der Waals surface area contributed by atoms with Crippen LogP contribution in [0.1, 0.15) is 31.1 Å². The van der Waals surface area contributed by atoms with Crippen molar-refractivity contribution in [3.63, 3.8) is 0 Å². The molecule has 0 unspecified atom stereocenters. The second kappa shape index (κ2) is 9.23. The summed E-state index contributed by atoms with van der Waals surface area (Å²) >= 11 is 3.31. The summed E-state index contributed by atoms with van der Waals surface area (Å²) in [5.74, 6) is 0.712. The van der Waals surface area contributed by atoms with E-state index in [0.717, 1.165) is 5.39 Å². The molecule has 1 heterocycles. The Morgan fingerprint density at radius 2 is 1.71 bits per heavy atom. The maximum Gasteiger partial charge on any atom is 0.418 e. The van der Waals surface area contributed by atoms with Crippen molar-refractivity contribution < 1.29 is 19.1 Å². The number of aromatic nitrogens is 1. The normalized spacial score (nSPS) is 11.3. The molecule has 7 nitrogen and oxygen atoms in total. The van der Waals surface area contributed by atoms with E-state index < -0.39 is 11.7 Å². The van der Waals surface area contributed by atoms with Crippen LogP contribution in [0.25, 0.3) is 10.9 Å². The number of carbonyl (C=O) groups excluding carboxylic acids is 2. The molecule has 0 fully saturated rings. The molecule has 0 aliphatic carbocycles. The minimum absolute atomic E-state index is 0.255. The number of nitrogens with zero attached hydrogens (tertiary/aromatic N) is 2. The van der Waals surface area contributed by atoms with Gasteiger partial charge in [-0.1, -0.05) is 18.2 Å². The van der Waals surface area contributed by atoms with Gasteiger partial charge in [0.2, 0.25) is 0 Å². The first kappa shape index (κ1) is 23.4. The molecule has 0 saturated carbocycles. The molecule has 0 aliphatic rings. The van der Waals surface area contributed by atoms with Gasteiger partial charge in [-0.25, -0.2) is 8.72 Å². The fraction of sp³-hybridized carbons (Fsp3) is 0.154. The zero-order chi connectivity index (χ0) is 24.5. The SMILES string of the molecule is CC(C)(C)OC(=O)n1ccc2cc(Oc3ccc(C(=O)N(Br)c4ccccc4)cc3N)ccc21. The minimum atomic E-state index is -0.589. The van der Waals surface area contributed by atoms with Crippen LogP contribution in [0.3, 0.4) is 0 Å². The summed E-state index contributed by atoms with van der Waals surface area (Å²) in [6.45, 7) is 5.47. The summed E-state index contributed by atoms with van der Waals surface area (Å²) in [4.78, 5) is 25.2. The van der Waals surface area contributed by atoms with E-state index in [2.05, 4.69) is 16.1 Å². The number of amides is 1. The van der Waals surface area contributed by atoms with Crippen molar-refractivity contribution in [1.29, 1.82) is 0 Å². The molecule has 2 N–H and O–H groups in total. The lowest BCUT2D eigenvalue weighted by molar-refractivity contribution is 0.0544. The predicted molar refractivity (Wildman–Crippen MR) is 137 cm³/mol. The number of nitrogen functional groups attached to an aromatic ring is 1. The first-order chi connectivity index (χ1) is 16.1. The van der Waals surface area contributed by atoms with Crippen LogP contribution in [0.4, 0.5) is 16.2 Å². The number of hydrogen-bond donors (Lipinski definition) is 1. The van der Waals surface area contributed by atoms with Gasteiger partial charge in [-0.2, -0.15) is 0 Å². The molecule has 3 aromatic carbocycles. The van der Waals surface area contributed by atoms with Crippen LogP contribution >= 0.6 is 16.1 Å². The number of anilines is 2. The van der Waals surface area contributed by atoms with Gasteiger partial charge < -0.3 is 15.2 Å². The summed E-state index contributed by atoms with van der Waals surface area (Å²) in [7, 11) is 0. The van der Waals surface area contributed by atoms with Gasteiger partial charge in [0, 0.05) is 17.1 Å². The molecule has 174 valence electrons. The number of carbonyl (C=O) groups is 2. The summed E-state index contributed by atoms with van der Waals surface area (Å²) in [5, 5.41) is 0.812. The number of fused-ring (bicyclic) bond motifs is 1. The Kier molecular flexibility index (Phi) is 6.34. The van der Waals surface area contributed by atoms with E-state index in [9.17, 15) is 9.59 Å². The third kappa shape index (κ3) is 5.07. The number of rotatable bonds is 4.